The van der Waals surface area contributed by atoms with Crippen molar-refractivity contribution in [2.45, 2.75) is 44.4 Å². The molecule has 0 aromatic rings. The fourth-order valence-corrected chi connectivity index (χ4v) is 5.41. The third-order valence-corrected chi connectivity index (χ3v) is 6.08. The van der Waals surface area contributed by atoms with E-state index in [1.165, 1.54) is 0 Å². The number of carboxylic acid groups (broad SMARTS) is 1. The number of aliphatic carboxylic acids is 1. The summed E-state index contributed by atoms with van der Waals surface area (Å²) in [6.07, 6.45) is 0.568. The van der Waals surface area contributed by atoms with E-state index in [9.17, 15) is 27.1 Å². The molecule has 2 rings (SSSR count). The average molecular weight is 296 g/mol. The first-order chi connectivity index (χ1) is 8.64. The molecule has 2 aliphatic rings. The van der Waals surface area contributed by atoms with Gasteiger partial charge in [0.25, 0.3) is 0 Å². The van der Waals surface area contributed by atoms with Crippen LogP contribution in [-0.4, -0.2) is 36.9 Å². The number of rotatable bonds is 3. The SMILES string of the molecule is O=C(O)C1(CC2CCCC(F)(F)C2)CCS(=O)(=O)C1. The zero-order valence-electron chi connectivity index (χ0n) is 10.6. The third-order valence-electron chi connectivity index (χ3n) is 4.26. The second kappa shape index (κ2) is 4.68. The zero-order chi connectivity index (χ0) is 14.3. The molecule has 0 bridgehead atoms. The van der Waals surface area contributed by atoms with Gasteiger partial charge in [-0.2, -0.15) is 0 Å². The van der Waals surface area contributed by atoms with Crippen LogP contribution < -0.4 is 0 Å². The van der Waals surface area contributed by atoms with Crippen molar-refractivity contribution in [3.8, 4) is 0 Å². The highest BCUT2D eigenvalue weighted by molar-refractivity contribution is 7.91. The Kier molecular flexibility index (Phi) is 3.62. The van der Waals surface area contributed by atoms with E-state index in [2.05, 4.69) is 0 Å². The van der Waals surface area contributed by atoms with E-state index in [1.807, 2.05) is 0 Å². The quantitative estimate of drug-likeness (QED) is 0.865. The Morgan fingerprint density at radius 1 is 1.32 bits per heavy atom. The fourth-order valence-electron chi connectivity index (χ4n) is 3.34. The van der Waals surface area contributed by atoms with E-state index >= 15 is 0 Å². The fraction of sp³-hybridized carbons (Fsp3) is 0.917. The van der Waals surface area contributed by atoms with E-state index in [4.69, 9.17) is 0 Å². The van der Waals surface area contributed by atoms with Gasteiger partial charge in [-0.1, -0.05) is 0 Å². The molecular weight excluding hydrogens is 278 g/mol. The third kappa shape index (κ3) is 3.24. The molecule has 0 aromatic carbocycles. The Labute approximate surface area is 111 Å². The van der Waals surface area contributed by atoms with Gasteiger partial charge >= 0.3 is 5.97 Å². The molecule has 0 amide bonds. The van der Waals surface area contributed by atoms with E-state index in [-0.39, 0.29) is 31.4 Å². The van der Waals surface area contributed by atoms with Crippen LogP contribution in [0.5, 0.6) is 0 Å². The minimum absolute atomic E-state index is 0.0484. The molecule has 2 atom stereocenters. The normalized spacial score (nSPS) is 37.1. The Balaban J connectivity index is 2.12. The highest BCUT2D eigenvalue weighted by atomic mass is 32.2. The van der Waals surface area contributed by atoms with E-state index in [0.29, 0.717) is 12.8 Å². The van der Waals surface area contributed by atoms with Gasteiger partial charge in [0.05, 0.1) is 16.9 Å². The van der Waals surface area contributed by atoms with Crippen molar-refractivity contribution in [1.82, 2.24) is 0 Å². The Bertz CT molecular complexity index is 474. The Morgan fingerprint density at radius 3 is 2.47 bits per heavy atom. The lowest BCUT2D eigenvalue weighted by Crippen LogP contribution is -2.37. The van der Waals surface area contributed by atoms with Crippen molar-refractivity contribution in [3.05, 3.63) is 0 Å². The van der Waals surface area contributed by atoms with Crippen LogP contribution in [0.1, 0.15) is 38.5 Å². The number of hydrogen-bond donors (Lipinski definition) is 1. The summed E-state index contributed by atoms with van der Waals surface area (Å²) in [5, 5.41) is 9.30. The molecular formula is C12H18F2O4S. The van der Waals surface area contributed by atoms with Gasteiger partial charge in [-0.3, -0.25) is 4.79 Å². The summed E-state index contributed by atoms with van der Waals surface area (Å²) in [4.78, 5) is 11.4. The molecule has 1 heterocycles. The van der Waals surface area contributed by atoms with Crippen LogP contribution in [0.2, 0.25) is 0 Å². The predicted molar refractivity (Wildman–Crippen MR) is 64.9 cm³/mol. The van der Waals surface area contributed by atoms with Gasteiger partial charge in [-0.25, -0.2) is 17.2 Å². The molecule has 1 saturated carbocycles. The highest BCUT2D eigenvalue weighted by Crippen LogP contribution is 2.45. The Hall–Kier alpha value is -0.720. The predicted octanol–water partition coefficient (Wildman–Crippen LogP) is 2.09. The second-order valence-corrected chi connectivity index (χ2v) is 8.13. The summed E-state index contributed by atoms with van der Waals surface area (Å²) in [7, 11) is -3.35. The summed E-state index contributed by atoms with van der Waals surface area (Å²) >= 11 is 0. The monoisotopic (exact) mass is 296 g/mol. The summed E-state index contributed by atoms with van der Waals surface area (Å²) in [6, 6.07) is 0. The van der Waals surface area contributed by atoms with Gasteiger partial charge in [0, 0.05) is 12.8 Å². The lowest BCUT2D eigenvalue weighted by atomic mass is 9.73. The van der Waals surface area contributed by atoms with E-state index in [0.717, 1.165) is 0 Å². The first-order valence-corrected chi connectivity index (χ1v) is 8.28. The average Bonchev–Trinajstić information content (AvgIpc) is 2.54. The van der Waals surface area contributed by atoms with Gasteiger partial charge in [0.1, 0.15) is 0 Å². The van der Waals surface area contributed by atoms with Crippen molar-refractivity contribution in [1.29, 1.82) is 0 Å². The highest BCUT2D eigenvalue weighted by Gasteiger charge is 2.50. The van der Waals surface area contributed by atoms with Crippen molar-refractivity contribution < 1.29 is 27.1 Å². The maximum Gasteiger partial charge on any atom is 0.310 e. The van der Waals surface area contributed by atoms with Crippen LogP contribution in [0.4, 0.5) is 8.78 Å². The number of alkyl halides is 2. The van der Waals surface area contributed by atoms with Gasteiger partial charge in [0.15, 0.2) is 9.84 Å². The molecule has 110 valence electrons. The first-order valence-electron chi connectivity index (χ1n) is 6.46. The number of sulfone groups is 1. The molecule has 1 aliphatic carbocycles. The van der Waals surface area contributed by atoms with Gasteiger partial charge in [0.2, 0.25) is 5.92 Å². The second-order valence-electron chi connectivity index (χ2n) is 5.95. The van der Waals surface area contributed by atoms with Crippen LogP contribution in [0.15, 0.2) is 0 Å². The lowest BCUT2D eigenvalue weighted by Gasteiger charge is -2.33. The molecule has 7 heteroatoms. The minimum Gasteiger partial charge on any atom is -0.481 e. The van der Waals surface area contributed by atoms with Crippen molar-refractivity contribution >= 4 is 15.8 Å². The first kappa shape index (κ1) is 14.7. The number of hydrogen-bond acceptors (Lipinski definition) is 3. The summed E-state index contributed by atoms with van der Waals surface area (Å²) in [5.74, 6) is -4.85. The lowest BCUT2D eigenvalue weighted by molar-refractivity contribution is -0.149. The standard InChI is InChI=1S/C12H18F2O4S/c13-12(14)3-1-2-9(7-12)6-11(10(15)16)4-5-19(17,18)8-11/h9H,1-8H2,(H,15,16). The number of carboxylic acids is 1. The Morgan fingerprint density at radius 2 is 2.00 bits per heavy atom. The van der Waals surface area contributed by atoms with Crippen LogP contribution in [0.25, 0.3) is 0 Å². The molecule has 1 saturated heterocycles. The zero-order valence-corrected chi connectivity index (χ0v) is 11.4. The largest absolute Gasteiger partial charge is 0.481 e. The molecule has 0 aromatic heterocycles. The molecule has 19 heavy (non-hydrogen) atoms. The molecule has 2 fully saturated rings. The van der Waals surface area contributed by atoms with Crippen molar-refractivity contribution in [3.63, 3.8) is 0 Å². The van der Waals surface area contributed by atoms with Gasteiger partial charge in [-0.05, 0) is 31.6 Å². The maximum atomic E-state index is 13.3. The molecule has 1 N–H and O–H groups in total. The topological polar surface area (TPSA) is 71.4 Å². The van der Waals surface area contributed by atoms with Crippen LogP contribution in [-0.2, 0) is 14.6 Å². The molecule has 1 aliphatic heterocycles. The van der Waals surface area contributed by atoms with Gasteiger partial charge in [-0.15, -0.1) is 0 Å². The van der Waals surface area contributed by atoms with E-state index < -0.39 is 38.8 Å². The van der Waals surface area contributed by atoms with Crippen LogP contribution in [0, 0.1) is 11.3 Å². The summed E-state index contributed by atoms with van der Waals surface area (Å²) in [6.45, 7) is 0. The van der Waals surface area contributed by atoms with Crippen molar-refractivity contribution in [2.24, 2.45) is 11.3 Å². The number of halogens is 2. The molecule has 4 nitrogen and oxygen atoms in total. The number of carbonyl (C=O) groups is 1. The van der Waals surface area contributed by atoms with Crippen LogP contribution in [0.3, 0.4) is 0 Å². The minimum atomic E-state index is -3.35. The van der Waals surface area contributed by atoms with E-state index in [1.54, 1.807) is 0 Å². The maximum absolute atomic E-state index is 13.3. The van der Waals surface area contributed by atoms with Gasteiger partial charge < -0.3 is 5.11 Å². The summed E-state index contributed by atoms with van der Waals surface area (Å²) in [5.41, 5.74) is -1.35. The van der Waals surface area contributed by atoms with Crippen LogP contribution >= 0.6 is 0 Å². The molecule has 2 unspecified atom stereocenters. The molecule has 0 radical (unpaired) electrons. The summed E-state index contributed by atoms with van der Waals surface area (Å²) < 4.78 is 49.7. The molecule has 0 spiro atoms. The smallest absolute Gasteiger partial charge is 0.310 e. The van der Waals surface area contributed by atoms with Crippen molar-refractivity contribution in [2.75, 3.05) is 11.5 Å².